The molecule has 0 unspecified atom stereocenters. The van der Waals surface area contributed by atoms with Gasteiger partial charge in [0.2, 0.25) is 11.8 Å². The number of ether oxygens (including phenoxy) is 1. The van der Waals surface area contributed by atoms with Gasteiger partial charge in [-0.05, 0) is 35.4 Å². The lowest BCUT2D eigenvalue weighted by molar-refractivity contribution is -0.137. The second-order valence-corrected chi connectivity index (χ2v) is 9.19. The lowest BCUT2D eigenvalue weighted by atomic mass is 9.96. The predicted octanol–water partition coefficient (Wildman–Crippen LogP) is 3.98. The van der Waals surface area contributed by atoms with Crippen LogP contribution in [0.15, 0.2) is 84.9 Å². The maximum absolute atomic E-state index is 13.3. The average molecular weight is 470 g/mol. The van der Waals surface area contributed by atoms with Gasteiger partial charge in [0.05, 0.1) is 19.1 Å². The van der Waals surface area contributed by atoms with Crippen LogP contribution in [0.5, 0.6) is 5.75 Å². The van der Waals surface area contributed by atoms with E-state index in [9.17, 15) is 9.59 Å². The summed E-state index contributed by atoms with van der Waals surface area (Å²) in [5.74, 6) is 0.538. The average Bonchev–Trinajstić information content (AvgIpc) is 3.31. The molecule has 3 aromatic carbocycles. The van der Waals surface area contributed by atoms with Crippen molar-refractivity contribution in [3.05, 3.63) is 96.1 Å². The Balaban J connectivity index is 1.24. The minimum absolute atomic E-state index is 0.000344. The van der Waals surface area contributed by atoms with E-state index in [1.54, 1.807) is 12.0 Å². The van der Waals surface area contributed by atoms with Gasteiger partial charge in [0.1, 0.15) is 5.75 Å². The monoisotopic (exact) mass is 469 g/mol. The minimum Gasteiger partial charge on any atom is -0.497 e. The van der Waals surface area contributed by atoms with Gasteiger partial charge >= 0.3 is 0 Å². The topological polar surface area (TPSA) is 53.1 Å². The van der Waals surface area contributed by atoms with Crippen LogP contribution in [0, 0.1) is 5.92 Å². The molecule has 2 saturated heterocycles. The Hall–Kier alpha value is -3.64. The molecule has 5 rings (SSSR count). The van der Waals surface area contributed by atoms with Crippen LogP contribution < -0.4 is 9.64 Å². The molecular formula is C29H31N3O3. The van der Waals surface area contributed by atoms with Crippen molar-refractivity contribution in [2.24, 2.45) is 5.92 Å². The molecule has 0 saturated carbocycles. The quantitative estimate of drug-likeness (QED) is 0.548. The molecule has 0 N–H and O–H groups in total. The van der Waals surface area contributed by atoms with Crippen molar-refractivity contribution >= 4 is 17.5 Å². The fourth-order valence-electron chi connectivity index (χ4n) is 5.23. The van der Waals surface area contributed by atoms with Gasteiger partial charge in [-0.2, -0.15) is 0 Å². The smallest absolute Gasteiger partial charge is 0.228 e. The van der Waals surface area contributed by atoms with Gasteiger partial charge in [-0.3, -0.25) is 14.5 Å². The van der Waals surface area contributed by atoms with E-state index >= 15 is 0 Å². The molecule has 6 heteroatoms. The van der Waals surface area contributed by atoms with E-state index < -0.39 is 0 Å². The summed E-state index contributed by atoms with van der Waals surface area (Å²) in [6.07, 6.45) is 0.266. The molecule has 0 radical (unpaired) electrons. The van der Waals surface area contributed by atoms with Gasteiger partial charge in [0, 0.05) is 44.8 Å². The van der Waals surface area contributed by atoms with Crippen LogP contribution in [0.4, 0.5) is 5.69 Å². The normalized spacial score (nSPS) is 18.8. The maximum atomic E-state index is 13.3. The fraction of sp³-hybridized carbons (Fsp3) is 0.310. The largest absolute Gasteiger partial charge is 0.497 e. The van der Waals surface area contributed by atoms with E-state index in [-0.39, 0.29) is 30.2 Å². The Kier molecular flexibility index (Phi) is 6.82. The third-order valence-corrected chi connectivity index (χ3v) is 7.08. The second kappa shape index (κ2) is 10.3. The number of anilines is 1. The van der Waals surface area contributed by atoms with Crippen LogP contribution in [0.2, 0.25) is 0 Å². The van der Waals surface area contributed by atoms with Crippen LogP contribution in [-0.4, -0.2) is 61.4 Å². The van der Waals surface area contributed by atoms with Crippen molar-refractivity contribution in [3.8, 4) is 5.75 Å². The zero-order chi connectivity index (χ0) is 24.2. The number of carbonyl (C=O) groups is 2. The Labute approximate surface area is 206 Å². The SMILES string of the molecule is COc1ccc(N2C[C@H](C(=O)N3CCN(C(c4ccccc4)c4ccccc4)CC3)CC2=O)cc1. The molecule has 6 nitrogen and oxygen atoms in total. The Morgan fingerprint density at radius 1 is 0.829 bits per heavy atom. The summed E-state index contributed by atoms with van der Waals surface area (Å²) in [5.41, 5.74) is 3.33. The number of methoxy groups -OCH3 is 1. The van der Waals surface area contributed by atoms with Gasteiger partial charge < -0.3 is 14.5 Å². The van der Waals surface area contributed by atoms with E-state index in [1.807, 2.05) is 41.3 Å². The van der Waals surface area contributed by atoms with E-state index in [2.05, 4.69) is 53.4 Å². The van der Waals surface area contributed by atoms with Crippen molar-refractivity contribution in [1.82, 2.24) is 9.80 Å². The Morgan fingerprint density at radius 2 is 1.40 bits per heavy atom. The second-order valence-electron chi connectivity index (χ2n) is 9.19. The van der Waals surface area contributed by atoms with Crippen LogP contribution in [0.25, 0.3) is 0 Å². The number of benzene rings is 3. The summed E-state index contributed by atoms with van der Waals surface area (Å²) in [7, 11) is 1.62. The zero-order valence-corrected chi connectivity index (χ0v) is 20.0. The highest BCUT2D eigenvalue weighted by atomic mass is 16.5. The maximum Gasteiger partial charge on any atom is 0.228 e. The summed E-state index contributed by atoms with van der Waals surface area (Å²) in [6.45, 7) is 3.36. The lowest BCUT2D eigenvalue weighted by Crippen LogP contribution is -2.51. The van der Waals surface area contributed by atoms with Crippen LogP contribution >= 0.6 is 0 Å². The standard InChI is InChI=1S/C29H31N3O3/c1-35-26-14-12-25(13-15-26)32-21-24(20-27(32)33)29(34)31-18-16-30(17-19-31)28(22-8-4-2-5-9-22)23-10-6-3-7-11-23/h2-15,24,28H,16-21H2,1H3/t24-/m1/s1. The summed E-state index contributed by atoms with van der Waals surface area (Å²) in [5, 5.41) is 0. The Morgan fingerprint density at radius 3 is 1.94 bits per heavy atom. The van der Waals surface area contributed by atoms with E-state index in [1.165, 1.54) is 11.1 Å². The highest BCUT2D eigenvalue weighted by molar-refractivity contribution is 6.00. The van der Waals surface area contributed by atoms with Gasteiger partial charge in [0.25, 0.3) is 0 Å². The van der Waals surface area contributed by atoms with Crippen molar-refractivity contribution in [3.63, 3.8) is 0 Å². The molecule has 2 heterocycles. The Bertz CT molecular complexity index is 1100. The molecule has 35 heavy (non-hydrogen) atoms. The highest BCUT2D eigenvalue weighted by Gasteiger charge is 2.38. The first kappa shape index (κ1) is 23.1. The zero-order valence-electron chi connectivity index (χ0n) is 20.0. The molecule has 2 fully saturated rings. The minimum atomic E-state index is -0.296. The first-order valence-corrected chi connectivity index (χ1v) is 12.2. The summed E-state index contributed by atoms with van der Waals surface area (Å²) < 4.78 is 5.21. The summed E-state index contributed by atoms with van der Waals surface area (Å²) >= 11 is 0. The third kappa shape index (κ3) is 4.93. The van der Waals surface area contributed by atoms with Gasteiger partial charge in [0.15, 0.2) is 0 Å². The first-order chi connectivity index (χ1) is 17.1. The van der Waals surface area contributed by atoms with Gasteiger partial charge in [-0.15, -0.1) is 0 Å². The molecule has 1 atom stereocenters. The van der Waals surface area contributed by atoms with E-state index in [0.29, 0.717) is 19.6 Å². The van der Waals surface area contributed by atoms with Gasteiger partial charge in [-0.25, -0.2) is 0 Å². The number of nitrogens with zero attached hydrogens (tertiary/aromatic N) is 3. The number of carbonyl (C=O) groups excluding carboxylic acids is 2. The first-order valence-electron chi connectivity index (χ1n) is 12.2. The van der Waals surface area contributed by atoms with Crippen molar-refractivity contribution in [2.45, 2.75) is 12.5 Å². The molecule has 0 bridgehead atoms. The molecule has 180 valence electrons. The molecule has 0 aromatic heterocycles. The number of hydrogen-bond acceptors (Lipinski definition) is 4. The van der Waals surface area contributed by atoms with Crippen molar-refractivity contribution < 1.29 is 14.3 Å². The lowest BCUT2D eigenvalue weighted by Gasteiger charge is -2.40. The highest BCUT2D eigenvalue weighted by Crippen LogP contribution is 2.31. The van der Waals surface area contributed by atoms with E-state index in [4.69, 9.17) is 4.74 Å². The third-order valence-electron chi connectivity index (χ3n) is 7.08. The molecule has 0 aliphatic carbocycles. The summed E-state index contributed by atoms with van der Waals surface area (Å²) in [4.78, 5) is 32.2. The van der Waals surface area contributed by atoms with Crippen LogP contribution in [-0.2, 0) is 9.59 Å². The van der Waals surface area contributed by atoms with Crippen molar-refractivity contribution in [1.29, 1.82) is 0 Å². The van der Waals surface area contributed by atoms with Crippen LogP contribution in [0.1, 0.15) is 23.6 Å². The van der Waals surface area contributed by atoms with Gasteiger partial charge in [-0.1, -0.05) is 60.7 Å². The van der Waals surface area contributed by atoms with Crippen LogP contribution in [0.3, 0.4) is 0 Å². The number of hydrogen-bond donors (Lipinski definition) is 0. The fourth-order valence-corrected chi connectivity index (χ4v) is 5.23. The molecule has 2 aliphatic heterocycles. The molecule has 2 aliphatic rings. The summed E-state index contributed by atoms with van der Waals surface area (Å²) in [6, 6.07) is 28.7. The number of amides is 2. The number of rotatable bonds is 6. The molecular weight excluding hydrogens is 438 g/mol. The number of piperazine rings is 1. The molecule has 0 spiro atoms. The van der Waals surface area contributed by atoms with Crippen molar-refractivity contribution in [2.75, 3.05) is 44.7 Å². The molecule has 3 aromatic rings. The predicted molar refractivity (Wildman–Crippen MR) is 136 cm³/mol. The van der Waals surface area contributed by atoms with E-state index in [0.717, 1.165) is 24.5 Å². The molecule has 2 amide bonds.